The van der Waals surface area contributed by atoms with Crippen LogP contribution in [0.1, 0.15) is 24.0 Å². The van der Waals surface area contributed by atoms with Crippen LogP contribution in [-0.4, -0.2) is 14.3 Å². The molecule has 2 heterocycles. The summed E-state index contributed by atoms with van der Waals surface area (Å²) in [5.41, 5.74) is 2.51. The number of fused-ring (bicyclic) bond motifs is 1. The lowest BCUT2D eigenvalue weighted by atomic mass is 10.1. The van der Waals surface area contributed by atoms with Crippen molar-refractivity contribution in [3.8, 4) is 0 Å². The predicted octanol–water partition coefficient (Wildman–Crippen LogP) is 2.50. The maximum absolute atomic E-state index is 12.4. The highest BCUT2D eigenvalue weighted by Gasteiger charge is 2.18. The monoisotopic (exact) mass is 336 g/mol. The van der Waals surface area contributed by atoms with Gasteiger partial charge in [0.1, 0.15) is 0 Å². The van der Waals surface area contributed by atoms with Crippen molar-refractivity contribution in [2.24, 2.45) is 0 Å². The first-order valence-electron chi connectivity index (χ1n) is 6.98. The first kappa shape index (κ1) is 15.2. The zero-order valence-electron chi connectivity index (χ0n) is 11.8. The normalized spacial score (nSPS) is 15.0. The zero-order chi connectivity index (χ0) is 15.6. The molecule has 1 aliphatic rings. The van der Waals surface area contributed by atoms with Gasteiger partial charge in [-0.3, -0.25) is 4.79 Å². The van der Waals surface area contributed by atoms with E-state index in [2.05, 4.69) is 10.0 Å². The SMILES string of the molecule is O=C1CCCc2cc(S(=O)(=O)NCc3ccsc3)ccc2N1. The Balaban J connectivity index is 1.82. The van der Waals surface area contributed by atoms with Crippen LogP contribution < -0.4 is 10.0 Å². The maximum atomic E-state index is 12.4. The number of carbonyl (C=O) groups excluding carboxylic acids is 1. The van der Waals surface area contributed by atoms with Gasteiger partial charge in [0.2, 0.25) is 15.9 Å². The molecule has 1 aliphatic heterocycles. The van der Waals surface area contributed by atoms with Crippen molar-refractivity contribution in [2.45, 2.75) is 30.7 Å². The van der Waals surface area contributed by atoms with E-state index in [0.29, 0.717) is 18.5 Å². The molecule has 3 rings (SSSR count). The lowest BCUT2D eigenvalue weighted by molar-refractivity contribution is -0.116. The molecule has 1 aromatic carbocycles. The standard InChI is InChI=1S/C15H16N2O3S2/c18-15-3-1-2-12-8-13(4-5-14(12)17-15)22(19,20)16-9-11-6-7-21-10-11/h4-8,10,16H,1-3,9H2,(H,17,18). The van der Waals surface area contributed by atoms with Crippen LogP contribution in [0.4, 0.5) is 5.69 Å². The lowest BCUT2D eigenvalue weighted by Crippen LogP contribution is -2.23. The van der Waals surface area contributed by atoms with Crippen LogP contribution in [0.3, 0.4) is 0 Å². The Morgan fingerprint density at radius 1 is 1.23 bits per heavy atom. The summed E-state index contributed by atoms with van der Waals surface area (Å²) in [6, 6.07) is 6.73. The van der Waals surface area contributed by atoms with Gasteiger partial charge in [0.25, 0.3) is 0 Å². The second-order valence-electron chi connectivity index (χ2n) is 5.18. The molecule has 0 bridgehead atoms. The van der Waals surface area contributed by atoms with Gasteiger partial charge in [-0.1, -0.05) is 0 Å². The van der Waals surface area contributed by atoms with Gasteiger partial charge < -0.3 is 5.32 Å². The summed E-state index contributed by atoms with van der Waals surface area (Å²) in [5, 5.41) is 6.63. The van der Waals surface area contributed by atoms with Gasteiger partial charge in [-0.25, -0.2) is 13.1 Å². The Hall–Kier alpha value is -1.70. The smallest absolute Gasteiger partial charge is 0.240 e. The van der Waals surface area contributed by atoms with E-state index in [4.69, 9.17) is 0 Å². The molecule has 0 spiro atoms. The van der Waals surface area contributed by atoms with E-state index >= 15 is 0 Å². The quantitative estimate of drug-likeness (QED) is 0.901. The Morgan fingerprint density at radius 2 is 2.09 bits per heavy atom. The highest BCUT2D eigenvalue weighted by atomic mass is 32.2. The van der Waals surface area contributed by atoms with Crippen LogP contribution in [0.25, 0.3) is 0 Å². The van der Waals surface area contributed by atoms with Gasteiger partial charge in [-0.05, 0) is 59.0 Å². The van der Waals surface area contributed by atoms with E-state index in [9.17, 15) is 13.2 Å². The number of sulfonamides is 1. The molecule has 0 radical (unpaired) electrons. The summed E-state index contributed by atoms with van der Waals surface area (Å²) < 4.78 is 27.3. The third kappa shape index (κ3) is 3.37. The average molecular weight is 336 g/mol. The Morgan fingerprint density at radius 3 is 2.86 bits per heavy atom. The van der Waals surface area contributed by atoms with Crippen LogP contribution in [0.15, 0.2) is 39.9 Å². The highest BCUT2D eigenvalue weighted by molar-refractivity contribution is 7.89. The number of rotatable bonds is 4. The molecule has 0 aliphatic carbocycles. The molecule has 0 saturated heterocycles. The van der Waals surface area contributed by atoms with E-state index in [0.717, 1.165) is 17.5 Å². The summed E-state index contributed by atoms with van der Waals surface area (Å²) in [6.45, 7) is 0.277. The number of carbonyl (C=O) groups is 1. The van der Waals surface area contributed by atoms with Crippen molar-refractivity contribution in [2.75, 3.05) is 5.32 Å². The molecule has 2 aromatic rings. The van der Waals surface area contributed by atoms with E-state index < -0.39 is 10.0 Å². The molecule has 116 valence electrons. The van der Waals surface area contributed by atoms with Gasteiger partial charge in [0.15, 0.2) is 0 Å². The van der Waals surface area contributed by atoms with Crippen LogP contribution in [-0.2, 0) is 27.8 Å². The molecule has 1 aromatic heterocycles. The average Bonchev–Trinajstić information content (AvgIpc) is 2.93. The molecule has 2 N–H and O–H groups in total. The van der Waals surface area contributed by atoms with Gasteiger partial charge in [-0.2, -0.15) is 11.3 Å². The summed E-state index contributed by atoms with van der Waals surface area (Å²) in [5.74, 6) is -0.0232. The number of hydrogen-bond donors (Lipinski definition) is 2. The number of anilines is 1. The third-order valence-electron chi connectivity index (χ3n) is 3.56. The number of hydrogen-bond acceptors (Lipinski definition) is 4. The molecule has 0 saturated carbocycles. The third-order valence-corrected chi connectivity index (χ3v) is 5.69. The molecular weight excluding hydrogens is 320 g/mol. The van der Waals surface area contributed by atoms with Crippen molar-refractivity contribution < 1.29 is 13.2 Å². The molecule has 22 heavy (non-hydrogen) atoms. The minimum Gasteiger partial charge on any atom is -0.326 e. The van der Waals surface area contributed by atoms with E-state index in [-0.39, 0.29) is 17.3 Å². The number of benzene rings is 1. The van der Waals surface area contributed by atoms with Crippen LogP contribution in [0, 0.1) is 0 Å². The molecule has 5 nitrogen and oxygen atoms in total. The number of thiophene rings is 1. The highest BCUT2D eigenvalue weighted by Crippen LogP contribution is 2.25. The molecule has 7 heteroatoms. The van der Waals surface area contributed by atoms with Crippen molar-refractivity contribution in [3.63, 3.8) is 0 Å². The topological polar surface area (TPSA) is 75.3 Å². The summed E-state index contributed by atoms with van der Waals surface area (Å²) in [7, 11) is -3.55. The molecular formula is C15H16N2O3S2. The summed E-state index contributed by atoms with van der Waals surface area (Å²) in [4.78, 5) is 11.8. The summed E-state index contributed by atoms with van der Waals surface area (Å²) in [6.07, 6.45) is 1.89. The fourth-order valence-electron chi connectivity index (χ4n) is 2.37. The van der Waals surface area contributed by atoms with E-state index in [1.54, 1.807) is 12.1 Å². The van der Waals surface area contributed by atoms with Crippen LogP contribution >= 0.6 is 11.3 Å². The predicted molar refractivity (Wildman–Crippen MR) is 86.4 cm³/mol. The van der Waals surface area contributed by atoms with Gasteiger partial charge >= 0.3 is 0 Å². The first-order chi connectivity index (χ1) is 10.5. The van der Waals surface area contributed by atoms with Crippen molar-refractivity contribution >= 4 is 33.0 Å². The molecule has 0 unspecified atom stereocenters. The second-order valence-corrected chi connectivity index (χ2v) is 7.72. The second kappa shape index (κ2) is 6.20. The van der Waals surface area contributed by atoms with Crippen LogP contribution in [0.2, 0.25) is 0 Å². The zero-order valence-corrected chi connectivity index (χ0v) is 13.5. The fraction of sp³-hybridized carbons (Fsp3) is 0.267. The van der Waals surface area contributed by atoms with Crippen LogP contribution in [0.5, 0.6) is 0 Å². The molecule has 1 amide bonds. The molecule has 0 atom stereocenters. The largest absolute Gasteiger partial charge is 0.326 e. The van der Waals surface area contributed by atoms with Crippen molar-refractivity contribution in [3.05, 3.63) is 46.2 Å². The molecule has 0 fully saturated rings. The number of amides is 1. The minimum absolute atomic E-state index is 0.0232. The number of nitrogens with one attached hydrogen (secondary N) is 2. The van der Waals surface area contributed by atoms with Gasteiger partial charge in [0, 0.05) is 18.7 Å². The first-order valence-corrected chi connectivity index (χ1v) is 9.41. The summed E-state index contributed by atoms with van der Waals surface area (Å²) >= 11 is 1.53. The Labute approximate surface area is 133 Å². The van der Waals surface area contributed by atoms with Crippen molar-refractivity contribution in [1.29, 1.82) is 0 Å². The minimum atomic E-state index is -3.55. The van der Waals surface area contributed by atoms with E-state index in [1.165, 1.54) is 17.4 Å². The Kier molecular flexibility index (Phi) is 4.28. The van der Waals surface area contributed by atoms with E-state index in [1.807, 2.05) is 16.8 Å². The lowest BCUT2D eigenvalue weighted by Gasteiger charge is -2.10. The maximum Gasteiger partial charge on any atom is 0.240 e. The number of aryl methyl sites for hydroxylation is 1. The van der Waals surface area contributed by atoms with Gasteiger partial charge in [0.05, 0.1) is 4.90 Å². The Bertz CT molecular complexity index is 783. The van der Waals surface area contributed by atoms with Crippen molar-refractivity contribution in [1.82, 2.24) is 4.72 Å². The van der Waals surface area contributed by atoms with Gasteiger partial charge in [-0.15, -0.1) is 0 Å². The fourth-order valence-corrected chi connectivity index (χ4v) is 4.11.